The summed E-state index contributed by atoms with van der Waals surface area (Å²) in [6, 6.07) is -0.470. The number of rotatable bonds is 7. The van der Waals surface area contributed by atoms with Crippen LogP contribution >= 0.6 is 0 Å². The smallest absolute Gasteiger partial charge is 0.451 e. The molecule has 0 radical (unpaired) electrons. The van der Waals surface area contributed by atoms with Crippen molar-refractivity contribution in [2.75, 3.05) is 6.54 Å². The maximum absolute atomic E-state index is 11.7. The first-order valence-corrected chi connectivity index (χ1v) is 8.45. The molecule has 0 aliphatic heterocycles. The molecule has 8 heteroatoms. The van der Waals surface area contributed by atoms with E-state index in [4.69, 9.17) is 20.9 Å². The molecule has 0 spiro atoms. The molecule has 6 N–H and O–H groups in total. The highest BCUT2D eigenvalue weighted by Crippen LogP contribution is 2.29. The summed E-state index contributed by atoms with van der Waals surface area (Å²) < 4.78 is 0. The van der Waals surface area contributed by atoms with Gasteiger partial charge >= 0.3 is 13.1 Å². The Hall–Kier alpha value is -1.12. The summed E-state index contributed by atoms with van der Waals surface area (Å²) in [5.41, 5.74) is 5.71. The first kappa shape index (κ1) is 21.9. The Morgan fingerprint density at radius 2 is 1.83 bits per heavy atom. The first-order valence-electron chi connectivity index (χ1n) is 8.45. The van der Waals surface area contributed by atoms with Crippen LogP contribution in [-0.2, 0) is 9.59 Å². The predicted molar refractivity (Wildman–Crippen MR) is 89.6 cm³/mol. The summed E-state index contributed by atoms with van der Waals surface area (Å²) in [5.74, 6) is -1.17. The summed E-state index contributed by atoms with van der Waals surface area (Å²) in [6.07, 6.45) is 5.56. The van der Waals surface area contributed by atoms with Gasteiger partial charge in [0.15, 0.2) is 0 Å². The highest BCUT2D eigenvalue weighted by molar-refractivity contribution is 6.40. The van der Waals surface area contributed by atoms with Crippen molar-refractivity contribution in [3.8, 4) is 0 Å². The number of carbonyl (C=O) groups is 2. The third kappa shape index (κ3) is 9.58. The van der Waals surface area contributed by atoms with Gasteiger partial charge in [-0.15, -0.1) is 0 Å². The Labute approximate surface area is 138 Å². The van der Waals surface area contributed by atoms with Crippen LogP contribution in [0.4, 0.5) is 0 Å². The minimum absolute atomic E-state index is 0.0500. The van der Waals surface area contributed by atoms with Gasteiger partial charge in [0.2, 0.25) is 5.91 Å². The third-order valence-corrected chi connectivity index (χ3v) is 4.07. The number of hydrogen-bond donors (Lipinski definition) is 5. The number of aliphatic carboxylic acids is 1. The number of carbonyl (C=O) groups excluding carboxylic acids is 1. The van der Waals surface area contributed by atoms with Gasteiger partial charge in [-0.2, -0.15) is 0 Å². The van der Waals surface area contributed by atoms with Crippen LogP contribution in [-0.4, -0.2) is 46.7 Å². The van der Waals surface area contributed by atoms with E-state index in [9.17, 15) is 9.59 Å². The quantitative estimate of drug-likeness (QED) is 0.434. The average molecular weight is 330 g/mol. The molecule has 3 unspecified atom stereocenters. The molecule has 0 bridgehead atoms. The van der Waals surface area contributed by atoms with Gasteiger partial charge in [-0.1, -0.05) is 33.1 Å². The van der Waals surface area contributed by atoms with E-state index in [1.54, 1.807) is 6.92 Å². The molecular weight excluding hydrogens is 299 g/mol. The van der Waals surface area contributed by atoms with Crippen molar-refractivity contribution >= 4 is 19.0 Å². The number of carboxylic acid groups (broad SMARTS) is 1. The third-order valence-electron chi connectivity index (χ3n) is 4.07. The van der Waals surface area contributed by atoms with Crippen LogP contribution in [0.15, 0.2) is 0 Å². The van der Waals surface area contributed by atoms with Gasteiger partial charge in [-0.25, -0.2) is 0 Å². The zero-order valence-electron chi connectivity index (χ0n) is 14.2. The van der Waals surface area contributed by atoms with Gasteiger partial charge in [0.25, 0.3) is 0 Å². The maximum Gasteiger partial charge on any atom is 0.451 e. The molecule has 7 nitrogen and oxygen atoms in total. The standard InChI is InChI=1S/C13H24N2O3.C2H7BO2/c1-2-5-11(14)12(16)15-8-9-6-3-4-7-10(9)13(17)18;1-2-3(4)5/h9-11H,2-8,14H2,1H3,(H,15,16)(H,17,18);4-5H,2H2,1H3. The average Bonchev–Trinajstić information content (AvgIpc) is 2.53. The highest BCUT2D eigenvalue weighted by Gasteiger charge is 2.31. The van der Waals surface area contributed by atoms with Crippen LogP contribution in [0.5, 0.6) is 0 Å². The second-order valence-corrected chi connectivity index (χ2v) is 6.02. The zero-order chi connectivity index (χ0) is 17.8. The second kappa shape index (κ2) is 12.3. The topological polar surface area (TPSA) is 133 Å². The molecule has 1 aliphatic rings. The van der Waals surface area contributed by atoms with Gasteiger partial charge < -0.3 is 26.2 Å². The molecule has 1 aliphatic carbocycles. The number of nitrogens with one attached hydrogen (secondary N) is 1. The molecule has 1 fully saturated rings. The molecule has 0 aromatic carbocycles. The summed E-state index contributed by atoms with van der Waals surface area (Å²) in [6.45, 7) is 4.12. The van der Waals surface area contributed by atoms with Crippen molar-refractivity contribution in [1.29, 1.82) is 0 Å². The summed E-state index contributed by atoms with van der Waals surface area (Å²) in [5, 5.41) is 27.8. The van der Waals surface area contributed by atoms with Crippen LogP contribution < -0.4 is 11.1 Å². The molecule has 1 saturated carbocycles. The van der Waals surface area contributed by atoms with Gasteiger partial charge in [-0.3, -0.25) is 9.59 Å². The summed E-state index contributed by atoms with van der Waals surface area (Å²) in [7, 11) is -1.12. The summed E-state index contributed by atoms with van der Waals surface area (Å²) in [4.78, 5) is 22.8. The monoisotopic (exact) mass is 330 g/mol. The van der Waals surface area contributed by atoms with E-state index >= 15 is 0 Å². The van der Waals surface area contributed by atoms with Crippen molar-refractivity contribution in [3.63, 3.8) is 0 Å². The molecule has 134 valence electrons. The Bertz CT molecular complexity index is 355. The lowest BCUT2D eigenvalue weighted by atomic mass is 9.79. The van der Waals surface area contributed by atoms with E-state index in [1.165, 1.54) is 0 Å². The van der Waals surface area contributed by atoms with E-state index in [0.717, 1.165) is 32.1 Å². The van der Waals surface area contributed by atoms with E-state index in [1.807, 2.05) is 6.92 Å². The van der Waals surface area contributed by atoms with Crippen molar-refractivity contribution in [2.24, 2.45) is 17.6 Å². The lowest BCUT2D eigenvalue weighted by Crippen LogP contribution is -2.44. The normalized spacial score (nSPS) is 21.6. The fourth-order valence-electron chi connectivity index (χ4n) is 2.58. The van der Waals surface area contributed by atoms with E-state index in [2.05, 4.69) is 5.32 Å². The molecule has 3 atom stereocenters. The van der Waals surface area contributed by atoms with Gasteiger partial charge in [0.05, 0.1) is 12.0 Å². The van der Waals surface area contributed by atoms with Crippen molar-refractivity contribution in [2.45, 2.75) is 64.7 Å². The Morgan fingerprint density at radius 3 is 2.30 bits per heavy atom. The van der Waals surface area contributed by atoms with Crippen molar-refractivity contribution < 1.29 is 24.7 Å². The molecule has 0 aromatic heterocycles. The Balaban J connectivity index is 0.000000841. The fourth-order valence-corrected chi connectivity index (χ4v) is 2.58. The Kier molecular flexibility index (Phi) is 11.7. The van der Waals surface area contributed by atoms with Crippen molar-refractivity contribution in [1.82, 2.24) is 5.32 Å². The zero-order valence-corrected chi connectivity index (χ0v) is 14.2. The fraction of sp³-hybridized carbons (Fsp3) is 0.867. The minimum Gasteiger partial charge on any atom is -0.481 e. The molecular formula is C15H31BN2O5. The van der Waals surface area contributed by atoms with Crippen LogP contribution in [0, 0.1) is 11.8 Å². The van der Waals surface area contributed by atoms with E-state index < -0.39 is 19.1 Å². The number of nitrogens with two attached hydrogens (primary N) is 1. The lowest BCUT2D eigenvalue weighted by molar-refractivity contribution is -0.145. The first-order chi connectivity index (χ1) is 10.8. The SMILES string of the molecule is CCB(O)O.CCCC(N)C(=O)NCC1CCCCC1C(=O)O. The van der Waals surface area contributed by atoms with Crippen LogP contribution in [0.1, 0.15) is 52.4 Å². The number of carboxylic acids is 1. The summed E-state index contributed by atoms with van der Waals surface area (Å²) >= 11 is 0. The molecule has 0 heterocycles. The van der Waals surface area contributed by atoms with Gasteiger partial charge in [0, 0.05) is 6.54 Å². The van der Waals surface area contributed by atoms with Crippen LogP contribution in [0.3, 0.4) is 0 Å². The number of hydrogen-bond acceptors (Lipinski definition) is 5. The largest absolute Gasteiger partial charge is 0.481 e. The number of amides is 1. The minimum atomic E-state index is -1.12. The maximum atomic E-state index is 11.7. The molecule has 1 rings (SSSR count). The van der Waals surface area contributed by atoms with E-state index in [-0.39, 0.29) is 17.7 Å². The van der Waals surface area contributed by atoms with Crippen LogP contribution in [0.25, 0.3) is 0 Å². The Morgan fingerprint density at radius 1 is 1.26 bits per heavy atom. The lowest BCUT2D eigenvalue weighted by Gasteiger charge is -2.28. The highest BCUT2D eigenvalue weighted by atomic mass is 16.4. The molecule has 0 aromatic rings. The molecule has 23 heavy (non-hydrogen) atoms. The molecule has 0 saturated heterocycles. The predicted octanol–water partition coefficient (Wildman–Crippen LogP) is 0.600. The second-order valence-electron chi connectivity index (χ2n) is 6.02. The van der Waals surface area contributed by atoms with Gasteiger partial charge in [-0.05, 0) is 31.5 Å². The van der Waals surface area contributed by atoms with Crippen LogP contribution in [0.2, 0.25) is 6.32 Å². The van der Waals surface area contributed by atoms with Crippen molar-refractivity contribution in [3.05, 3.63) is 0 Å². The molecule has 1 amide bonds. The van der Waals surface area contributed by atoms with Gasteiger partial charge in [0.1, 0.15) is 0 Å². The van der Waals surface area contributed by atoms with E-state index in [0.29, 0.717) is 19.3 Å².